The molecule has 37 heavy (non-hydrogen) atoms. The summed E-state index contributed by atoms with van der Waals surface area (Å²) in [5.41, 5.74) is 3.54. The molecule has 12 nitrogen and oxygen atoms in total. The molecule has 4 heterocycles. The van der Waals surface area contributed by atoms with Crippen LogP contribution in [0.4, 0.5) is 16.4 Å². The number of rotatable bonds is 4. The van der Waals surface area contributed by atoms with Gasteiger partial charge in [-0.1, -0.05) is 12.2 Å². The number of hydrogen-bond acceptors (Lipinski definition) is 9. The average Bonchev–Trinajstić information content (AvgIpc) is 2.89. The average molecular weight is 511 g/mol. The standard InChI is InChI=1S/C15H19N3O4.C10H11N3O2/c1-15(2,3)22-14(19)17-8-6-11(7-9-17)12-4-5-13(16-10-12)18(20)21;14-13(15)10-2-1-9(7-12-10)8-3-5-11-6-4-8/h4-6,10H,7-9H2,1-3H3;1-3,7,11H,4-6H2. The van der Waals surface area contributed by atoms with Gasteiger partial charge in [0.15, 0.2) is 0 Å². The molecule has 1 N–H and O–H groups in total. The van der Waals surface area contributed by atoms with E-state index in [1.54, 1.807) is 23.2 Å². The van der Waals surface area contributed by atoms with Crippen molar-refractivity contribution in [3.63, 3.8) is 0 Å². The minimum absolute atomic E-state index is 0.103. The number of hydrogen-bond donors (Lipinski definition) is 1. The van der Waals surface area contributed by atoms with Crippen molar-refractivity contribution in [2.24, 2.45) is 0 Å². The summed E-state index contributed by atoms with van der Waals surface area (Å²) in [5.74, 6) is -0.274. The fourth-order valence-electron chi connectivity index (χ4n) is 3.68. The van der Waals surface area contributed by atoms with Gasteiger partial charge in [-0.25, -0.2) is 4.79 Å². The Bertz CT molecular complexity index is 1190. The van der Waals surface area contributed by atoms with Crippen LogP contribution in [0.25, 0.3) is 11.1 Å². The quantitative estimate of drug-likeness (QED) is 0.466. The van der Waals surface area contributed by atoms with Gasteiger partial charge in [-0.15, -0.1) is 0 Å². The van der Waals surface area contributed by atoms with E-state index in [1.165, 1.54) is 23.9 Å². The van der Waals surface area contributed by atoms with Gasteiger partial charge in [-0.2, -0.15) is 0 Å². The molecule has 0 fully saturated rings. The van der Waals surface area contributed by atoms with Gasteiger partial charge in [-0.3, -0.25) is 0 Å². The number of pyridine rings is 2. The van der Waals surface area contributed by atoms with Crippen molar-refractivity contribution in [3.8, 4) is 0 Å². The van der Waals surface area contributed by atoms with Crippen molar-refractivity contribution in [2.45, 2.75) is 39.2 Å². The predicted molar refractivity (Wildman–Crippen MR) is 138 cm³/mol. The van der Waals surface area contributed by atoms with Crippen LogP contribution in [0.1, 0.15) is 44.7 Å². The number of nitrogens with zero attached hydrogens (tertiary/aromatic N) is 5. The van der Waals surface area contributed by atoms with Crippen molar-refractivity contribution in [1.29, 1.82) is 0 Å². The SMILES string of the molecule is CC(C)(C)OC(=O)N1CC=C(c2ccc([N+](=O)[O-])nc2)CC1.O=[N+]([O-])c1ccc(C2=CCNCC2)cn1. The van der Waals surface area contributed by atoms with Crippen molar-refractivity contribution < 1.29 is 19.4 Å². The van der Waals surface area contributed by atoms with E-state index in [0.717, 1.165) is 36.2 Å². The summed E-state index contributed by atoms with van der Waals surface area (Å²) in [6.07, 6.45) is 8.35. The fraction of sp³-hybridized carbons (Fsp3) is 0.400. The maximum Gasteiger partial charge on any atom is 0.410 e. The van der Waals surface area contributed by atoms with Crippen LogP contribution in [0, 0.1) is 20.2 Å². The molecule has 0 aliphatic carbocycles. The Hall–Kier alpha value is -4.19. The minimum atomic E-state index is -0.525. The second-order valence-corrected chi connectivity index (χ2v) is 9.41. The summed E-state index contributed by atoms with van der Waals surface area (Å²) in [6, 6.07) is 6.26. The van der Waals surface area contributed by atoms with Crippen LogP contribution in [-0.4, -0.2) is 62.6 Å². The van der Waals surface area contributed by atoms with Gasteiger partial charge in [0, 0.05) is 42.9 Å². The third kappa shape index (κ3) is 8.17. The van der Waals surface area contributed by atoms with Crippen LogP contribution in [-0.2, 0) is 4.74 Å². The highest BCUT2D eigenvalue weighted by Crippen LogP contribution is 2.24. The van der Waals surface area contributed by atoms with Crippen LogP contribution in [0.15, 0.2) is 48.8 Å². The van der Waals surface area contributed by atoms with Gasteiger partial charge < -0.3 is 35.2 Å². The minimum Gasteiger partial charge on any atom is -0.444 e. The third-order valence-corrected chi connectivity index (χ3v) is 5.54. The molecule has 0 atom stereocenters. The zero-order valence-corrected chi connectivity index (χ0v) is 21.0. The van der Waals surface area contributed by atoms with Crippen molar-refractivity contribution in [1.82, 2.24) is 20.2 Å². The molecule has 1 amide bonds. The van der Waals surface area contributed by atoms with Gasteiger partial charge in [0.25, 0.3) is 0 Å². The van der Waals surface area contributed by atoms with Gasteiger partial charge in [0.1, 0.15) is 18.0 Å². The van der Waals surface area contributed by atoms with Crippen LogP contribution in [0.5, 0.6) is 0 Å². The van der Waals surface area contributed by atoms with Crippen LogP contribution in [0.2, 0.25) is 0 Å². The van der Waals surface area contributed by atoms with E-state index in [-0.39, 0.29) is 17.7 Å². The summed E-state index contributed by atoms with van der Waals surface area (Å²) in [4.78, 5) is 41.2. The lowest BCUT2D eigenvalue weighted by Gasteiger charge is -2.29. The molecular formula is C25H30N6O6. The summed E-state index contributed by atoms with van der Waals surface area (Å²) in [7, 11) is 0. The molecule has 2 aromatic rings. The van der Waals surface area contributed by atoms with E-state index in [1.807, 2.05) is 26.8 Å². The molecule has 0 saturated heterocycles. The first-order chi connectivity index (χ1) is 17.5. The Morgan fingerprint density at radius 3 is 1.89 bits per heavy atom. The topological polar surface area (TPSA) is 154 Å². The lowest BCUT2D eigenvalue weighted by atomic mass is 10.0. The summed E-state index contributed by atoms with van der Waals surface area (Å²) >= 11 is 0. The molecule has 0 spiro atoms. The molecule has 0 saturated carbocycles. The molecule has 0 radical (unpaired) electrons. The smallest absolute Gasteiger partial charge is 0.410 e. The summed E-state index contributed by atoms with van der Waals surface area (Å²) < 4.78 is 5.33. The zero-order valence-electron chi connectivity index (χ0n) is 21.0. The van der Waals surface area contributed by atoms with Crippen LogP contribution in [0.3, 0.4) is 0 Å². The maximum absolute atomic E-state index is 12.0. The van der Waals surface area contributed by atoms with Gasteiger partial charge in [-0.05, 0) is 83.3 Å². The first-order valence-corrected chi connectivity index (χ1v) is 11.8. The number of nitrogens with one attached hydrogen (secondary N) is 1. The number of aromatic nitrogens is 2. The zero-order chi connectivity index (χ0) is 27.0. The van der Waals surface area contributed by atoms with E-state index in [0.29, 0.717) is 19.5 Å². The summed E-state index contributed by atoms with van der Waals surface area (Å²) in [6.45, 7) is 8.31. The highest BCUT2D eigenvalue weighted by Gasteiger charge is 2.24. The molecule has 2 aliphatic heterocycles. The second-order valence-electron chi connectivity index (χ2n) is 9.41. The number of carbonyl (C=O) groups excluding carboxylic acids is 1. The predicted octanol–water partition coefficient (Wildman–Crippen LogP) is 4.38. The lowest BCUT2D eigenvalue weighted by Crippen LogP contribution is -2.39. The number of carbonyl (C=O) groups is 1. The molecule has 196 valence electrons. The Morgan fingerprint density at radius 1 is 0.946 bits per heavy atom. The normalized spacial score (nSPS) is 15.5. The van der Waals surface area contributed by atoms with E-state index >= 15 is 0 Å². The first-order valence-electron chi connectivity index (χ1n) is 11.8. The molecule has 12 heteroatoms. The van der Waals surface area contributed by atoms with Crippen molar-refractivity contribution >= 4 is 28.9 Å². The van der Waals surface area contributed by atoms with Crippen molar-refractivity contribution in [2.75, 3.05) is 26.2 Å². The highest BCUT2D eigenvalue weighted by molar-refractivity contribution is 5.72. The molecule has 0 aromatic carbocycles. The van der Waals surface area contributed by atoms with Gasteiger partial charge in [0.05, 0.1) is 0 Å². The molecule has 2 aromatic heterocycles. The molecular weight excluding hydrogens is 480 g/mol. The Kier molecular flexibility index (Phi) is 9.01. The molecule has 4 rings (SSSR count). The lowest BCUT2D eigenvalue weighted by molar-refractivity contribution is -0.389. The Morgan fingerprint density at radius 2 is 1.51 bits per heavy atom. The molecule has 0 bridgehead atoms. The van der Waals surface area contributed by atoms with Crippen LogP contribution < -0.4 is 5.32 Å². The van der Waals surface area contributed by atoms with Gasteiger partial charge >= 0.3 is 17.7 Å². The first kappa shape index (κ1) is 27.4. The van der Waals surface area contributed by atoms with E-state index in [4.69, 9.17) is 4.74 Å². The second kappa shape index (κ2) is 12.2. The van der Waals surface area contributed by atoms with E-state index in [9.17, 15) is 25.0 Å². The summed E-state index contributed by atoms with van der Waals surface area (Å²) in [5, 5.41) is 24.2. The van der Waals surface area contributed by atoms with Gasteiger partial charge in [0.2, 0.25) is 0 Å². The van der Waals surface area contributed by atoms with Crippen molar-refractivity contribution in [3.05, 3.63) is 80.2 Å². The number of nitro groups is 2. The molecule has 0 unspecified atom stereocenters. The third-order valence-electron chi connectivity index (χ3n) is 5.54. The van der Waals surface area contributed by atoms with Crippen LogP contribution >= 0.6 is 0 Å². The fourth-order valence-corrected chi connectivity index (χ4v) is 3.68. The number of ether oxygens (including phenoxy) is 1. The highest BCUT2D eigenvalue weighted by atomic mass is 16.6. The maximum atomic E-state index is 12.0. The monoisotopic (exact) mass is 510 g/mol. The Balaban J connectivity index is 0.000000220. The van der Waals surface area contributed by atoms with E-state index in [2.05, 4.69) is 21.4 Å². The largest absolute Gasteiger partial charge is 0.444 e. The number of amides is 1. The Labute approximate surface area is 214 Å². The molecule has 2 aliphatic rings. The van der Waals surface area contributed by atoms with E-state index < -0.39 is 15.4 Å².